The van der Waals surface area contributed by atoms with E-state index in [1.54, 1.807) is 39.0 Å². The number of aliphatic carboxylic acids is 1. The number of hydrogen-bond acceptors (Lipinski definition) is 2. The quantitative estimate of drug-likeness (QED) is 0.873. The Morgan fingerprint density at radius 1 is 1.42 bits per heavy atom. The standard InChI is InChI=1S/C14H18ClNO3/c1-9(7-12(17)18)16-13(19)14(2,3)10-5-4-6-11(15)8-10/h4-6,8-9H,7H2,1-3H3,(H,16,19)(H,17,18)/t9-/m0/s1. The summed E-state index contributed by atoms with van der Waals surface area (Å²) in [5.74, 6) is -1.16. The van der Waals surface area contributed by atoms with Crippen LogP contribution in [0.5, 0.6) is 0 Å². The van der Waals surface area contributed by atoms with E-state index in [9.17, 15) is 9.59 Å². The van der Waals surface area contributed by atoms with E-state index in [0.29, 0.717) is 5.02 Å². The molecule has 0 heterocycles. The largest absolute Gasteiger partial charge is 0.481 e. The van der Waals surface area contributed by atoms with E-state index in [-0.39, 0.29) is 12.3 Å². The molecule has 2 N–H and O–H groups in total. The molecule has 1 atom stereocenters. The van der Waals surface area contributed by atoms with Crippen LogP contribution in [0, 0.1) is 0 Å². The van der Waals surface area contributed by atoms with Crippen molar-refractivity contribution in [1.29, 1.82) is 0 Å². The lowest BCUT2D eigenvalue weighted by molar-refractivity contribution is -0.137. The number of hydrogen-bond donors (Lipinski definition) is 2. The molecule has 0 spiro atoms. The Balaban J connectivity index is 2.82. The zero-order valence-electron chi connectivity index (χ0n) is 11.2. The summed E-state index contributed by atoms with van der Waals surface area (Å²) in [6.07, 6.45) is -0.0998. The van der Waals surface area contributed by atoms with Gasteiger partial charge in [0.05, 0.1) is 11.8 Å². The van der Waals surface area contributed by atoms with Crippen LogP contribution >= 0.6 is 11.6 Å². The monoisotopic (exact) mass is 283 g/mol. The molecule has 0 aliphatic carbocycles. The lowest BCUT2D eigenvalue weighted by atomic mass is 9.83. The number of carboxylic acid groups (broad SMARTS) is 1. The fourth-order valence-corrected chi connectivity index (χ4v) is 1.92. The number of amides is 1. The van der Waals surface area contributed by atoms with Gasteiger partial charge in [-0.3, -0.25) is 9.59 Å². The van der Waals surface area contributed by atoms with Crippen molar-refractivity contribution in [2.24, 2.45) is 0 Å². The average molecular weight is 284 g/mol. The third-order valence-electron chi connectivity index (χ3n) is 2.97. The molecule has 0 saturated carbocycles. The summed E-state index contributed by atoms with van der Waals surface area (Å²) in [7, 11) is 0. The Morgan fingerprint density at radius 3 is 2.58 bits per heavy atom. The summed E-state index contributed by atoms with van der Waals surface area (Å²) in [4.78, 5) is 22.8. The van der Waals surface area contributed by atoms with Crippen molar-refractivity contribution < 1.29 is 14.7 Å². The molecular formula is C14H18ClNO3. The Morgan fingerprint density at radius 2 is 2.05 bits per heavy atom. The SMILES string of the molecule is C[C@@H](CC(=O)O)NC(=O)C(C)(C)c1cccc(Cl)c1. The molecule has 1 aromatic rings. The first kappa shape index (κ1) is 15.5. The molecule has 19 heavy (non-hydrogen) atoms. The lowest BCUT2D eigenvalue weighted by Gasteiger charge is -2.26. The van der Waals surface area contributed by atoms with Crippen molar-refractivity contribution in [3.8, 4) is 0 Å². The van der Waals surface area contributed by atoms with Crippen LogP contribution in [0.4, 0.5) is 0 Å². The Labute approximate surface area is 117 Å². The van der Waals surface area contributed by atoms with E-state index < -0.39 is 17.4 Å². The van der Waals surface area contributed by atoms with Gasteiger partial charge in [0.15, 0.2) is 0 Å². The van der Waals surface area contributed by atoms with Gasteiger partial charge in [-0.1, -0.05) is 23.7 Å². The van der Waals surface area contributed by atoms with Crippen molar-refractivity contribution >= 4 is 23.5 Å². The first-order valence-electron chi connectivity index (χ1n) is 6.02. The molecule has 0 fully saturated rings. The molecular weight excluding hydrogens is 266 g/mol. The summed E-state index contributed by atoms with van der Waals surface area (Å²) in [5, 5.41) is 12.0. The number of carboxylic acids is 1. The van der Waals surface area contributed by atoms with Gasteiger partial charge >= 0.3 is 5.97 Å². The molecule has 4 nitrogen and oxygen atoms in total. The van der Waals surface area contributed by atoms with Gasteiger partial charge in [-0.15, -0.1) is 0 Å². The van der Waals surface area contributed by atoms with Gasteiger partial charge in [-0.2, -0.15) is 0 Å². The van der Waals surface area contributed by atoms with Gasteiger partial charge in [-0.05, 0) is 38.5 Å². The zero-order chi connectivity index (χ0) is 14.6. The van der Waals surface area contributed by atoms with E-state index >= 15 is 0 Å². The summed E-state index contributed by atoms with van der Waals surface area (Å²) in [6.45, 7) is 5.23. The molecule has 1 rings (SSSR count). The maximum atomic E-state index is 12.2. The van der Waals surface area contributed by atoms with Gasteiger partial charge < -0.3 is 10.4 Å². The molecule has 0 aromatic heterocycles. The van der Waals surface area contributed by atoms with Crippen LogP contribution in [0.15, 0.2) is 24.3 Å². The molecule has 0 radical (unpaired) electrons. The second-order valence-corrected chi connectivity index (χ2v) is 5.54. The van der Waals surface area contributed by atoms with Crippen molar-refractivity contribution in [1.82, 2.24) is 5.32 Å². The third kappa shape index (κ3) is 4.24. The van der Waals surface area contributed by atoms with Crippen LogP contribution in [-0.4, -0.2) is 23.0 Å². The highest BCUT2D eigenvalue weighted by molar-refractivity contribution is 6.30. The molecule has 1 amide bonds. The fraction of sp³-hybridized carbons (Fsp3) is 0.429. The van der Waals surface area contributed by atoms with Crippen LogP contribution in [0.3, 0.4) is 0 Å². The highest BCUT2D eigenvalue weighted by Gasteiger charge is 2.30. The van der Waals surface area contributed by atoms with Crippen LogP contribution in [0.2, 0.25) is 5.02 Å². The van der Waals surface area contributed by atoms with Gasteiger partial charge in [0.25, 0.3) is 0 Å². The van der Waals surface area contributed by atoms with Gasteiger partial charge in [0, 0.05) is 11.1 Å². The second-order valence-electron chi connectivity index (χ2n) is 5.11. The van der Waals surface area contributed by atoms with E-state index in [4.69, 9.17) is 16.7 Å². The van der Waals surface area contributed by atoms with Crippen molar-refractivity contribution in [2.75, 3.05) is 0 Å². The number of benzene rings is 1. The summed E-state index contributed by atoms with van der Waals surface area (Å²) in [5.41, 5.74) is 0.0255. The number of rotatable bonds is 5. The summed E-state index contributed by atoms with van der Waals surface area (Å²) < 4.78 is 0. The van der Waals surface area contributed by atoms with Crippen LogP contribution in [0.25, 0.3) is 0 Å². The molecule has 0 unspecified atom stereocenters. The molecule has 1 aromatic carbocycles. The topological polar surface area (TPSA) is 66.4 Å². The number of halogens is 1. The first-order valence-corrected chi connectivity index (χ1v) is 6.40. The van der Waals surface area contributed by atoms with E-state index in [1.165, 1.54) is 0 Å². The number of nitrogens with one attached hydrogen (secondary N) is 1. The molecule has 0 aliphatic rings. The highest BCUT2D eigenvalue weighted by Crippen LogP contribution is 2.26. The predicted octanol–water partition coefficient (Wildman–Crippen LogP) is 2.60. The minimum Gasteiger partial charge on any atom is -0.481 e. The normalized spacial score (nSPS) is 12.8. The minimum atomic E-state index is -0.937. The number of carbonyl (C=O) groups excluding carboxylic acids is 1. The molecule has 0 aliphatic heterocycles. The van der Waals surface area contributed by atoms with E-state index in [0.717, 1.165) is 5.56 Å². The zero-order valence-corrected chi connectivity index (χ0v) is 12.0. The Hall–Kier alpha value is -1.55. The van der Waals surface area contributed by atoms with Gasteiger partial charge in [0.2, 0.25) is 5.91 Å². The van der Waals surface area contributed by atoms with E-state index in [1.807, 2.05) is 6.07 Å². The fourth-order valence-electron chi connectivity index (χ4n) is 1.73. The highest BCUT2D eigenvalue weighted by atomic mass is 35.5. The van der Waals surface area contributed by atoms with Crippen molar-refractivity contribution in [2.45, 2.75) is 38.6 Å². The third-order valence-corrected chi connectivity index (χ3v) is 3.21. The Bertz CT molecular complexity index is 485. The predicted molar refractivity (Wildman–Crippen MR) is 74.3 cm³/mol. The average Bonchev–Trinajstić information content (AvgIpc) is 2.27. The Kier molecular flexibility index (Phi) is 4.95. The van der Waals surface area contributed by atoms with Gasteiger partial charge in [-0.25, -0.2) is 0 Å². The van der Waals surface area contributed by atoms with Crippen molar-refractivity contribution in [3.05, 3.63) is 34.9 Å². The smallest absolute Gasteiger partial charge is 0.305 e. The molecule has 104 valence electrons. The maximum absolute atomic E-state index is 12.2. The van der Waals surface area contributed by atoms with Crippen LogP contribution in [0.1, 0.15) is 32.8 Å². The minimum absolute atomic E-state index is 0.0998. The summed E-state index contributed by atoms with van der Waals surface area (Å²) in [6, 6.07) is 6.68. The molecule has 5 heteroatoms. The first-order chi connectivity index (χ1) is 8.73. The van der Waals surface area contributed by atoms with Crippen LogP contribution in [-0.2, 0) is 15.0 Å². The van der Waals surface area contributed by atoms with Crippen LogP contribution < -0.4 is 5.32 Å². The summed E-state index contributed by atoms with van der Waals surface area (Å²) >= 11 is 5.92. The molecule has 0 saturated heterocycles. The van der Waals surface area contributed by atoms with Gasteiger partial charge in [0.1, 0.15) is 0 Å². The second kappa shape index (κ2) is 6.06. The molecule has 0 bridgehead atoms. The number of carbonyl (C=O) groups is 2. The maximum Gasteiger partial charge on any atom is 0.305 e. The lowest BCUT2D eigenvalue weighted by Crippen LogP contribution is -2.44. The van der Waals surface area contributed by atoms with Crippen molar-refractivity contribution in [3.63, 3.8) is 0 Å². The van der Waals surface area contributed by atoms with E-state index in [2.05, 4.69) is 5.32 Å².